The lowest BCUT2D eigenvalue weighted by atomic mass is 10.1. The number of alkyl halides is 3. The highest BCUT2D eigenvalue weighted by Crippen LogP contribution is 2.42. The molecule has 134 valence electrons. The van der Waals surface area contributed by atoms with Crippen LogP contribution in [-0.2, 0) is 6.61 Å². The topological polar surface area (TPSA) is 54.0 Å². The summed E-state index contributed by atoms with van der Waals surface area (Å²) in [6.45, 7) is -3.62. The zero-order valence-electron chi connectivity index (χ0n) is 13.0. The first-order chi connectivity index (χ1) is 12.2. The summed E-state index contributed by atoms with van der Waals surface area (Å²) >= 11 is 0. The van der Waals surface area contributed by atoms with Crippen molar-refractivity contribution in [1.29, 1.82) is 0 Å². The molecule has 2 aromatic rings. The Morgan fingerprint density at radius 1 is 0.840 bits per heavy atom. The first-order valence-electron chi connectivity index (χ1n) is 7.13. The minimum atomic E-state index is -1.20. The van der Waals surface area contributed by atoms with Crippen LogP contribution in [-0.4, -0.2) is 26.9 Å². The van der Waals surface area contributed by atoms with Gasteiger partial charge in [-0.05, 0) is 5.56 Å². The number of carbonyl (C=O) groups excluding carboxylic acids is 1. The zero-order chi connectivity index (χ0) is 18.1. The monoisotopic (exact) mass is 356 g/mol. The molecule has 0 aliphatic heterocycles. The molecule has 0 amide bonds. The van der Waals surface area contributed by atoms with Gasteiger partial charge in [-0.25, -0.2) is 13.2 Å². The van der Waals surface area contributed by atoms with Crippen LogP contribution in [0.1, 0.15) is 15.9 Å². The maximum absolute atomic E-state index is 12.6. The van der Waals surface area contributed by atoms with Crippen molar-refractivity contribution < 1.29 is 36.9 Å². The number of benzene rings is 2. The number of rotatable bonds is 10. The van der Waals surface area contributed by atoms with Crippen molar-refractivity contribution in [2.24, 2.45) is 0 Å². The first kappa shape index (κ1) is 18.4. The molecule has 0 saturated heterocycles. The second-order valence-corrected chi connectivity index (χ2v) is 4.61. The van der Waals surface area contributed by atoms with Crippen molar-refractivity contribution in [3.05, 3.63) is 47.5 Å². The molecule has 0 radical (unpaired) electrons. The largest absolute Gasteiger partial charge is 0.482 e. The summed E-state index contributed by atoms with van der Waals surface area (Å²) in [4.78, 5) is 11.0. The molecule has 2 rings (SSSR count). The summed E-state index contributed by atoms with van der Waals surface area (Å²) in [5.74, 6) is -0.446. The second kappa shape index (κ2) is 9.41. The van der Waals surface area contributed by atoms with E-state index in [1.54, 1.807) is 24.3 Å². The molecular weight excluding hydrogens is 341 g/mol. The molecule has 0 fully saturated rings. The summed E-state index contributed by atoms with van der Waals surface area (Å²) in [6.07, 6.45) is 0.662. The quantitative estimate of drug-likeness (QED) is 0.603. The predicted octanol–water partition coefficient (Wildman–Crippen LogP) is 4.00. The van der Waals surface area contributed by atoms with Crippen LogP contribution in [0.2, 0.25) is 0 Å². The van der Waals surface area contributed by atoms with Crippen molar-refractivity contribution in [2.75, 3.05) is 20.6 Å². The number of ether oxygens (including phenoxy) is 4. The van der Waals surface area contributed by atoms with Gasteiger partial charge in [-0.15, -0.1) is 0 Å². The Kier molecular flexibility index (Phi) is 6.94. The van der Waals surface area contributed by atoms with Gasteiger partial charge in [0.1, 0.15) is 18.6 Å². The van der Waals surface area contributed by atoms with Crippen LogP contribution in [0.15, 0.2) is 36.4 Å². The van der Waals surface area contributed by atoms with Gasteiger partial charge in [-0.3, -0.25) is 4.79 Å². The lowest BCUT2D eigenvalue weighted by molar-refractivity contribution is 0.112. The van der Waals surface area contributed by atoms with E-state index in [1.807, 2.05) is 0 Å². The summed E-state index contributed by atoms with van der Waals surface area (Å²) in [5.41, 5.74) is 0.958. The molecule has 0 bridgehead atoms. The van der Waals surface area contributed by atoms with Crippen LogP contribution in [0, 0.1) is 0 Å². The lowest BCUT2D eigenvalue weighted by Gasteiger charge is -2.17. The minimum absolute atomic E-state index is 0.0463. The SMILES string of the molecule is O=Cc1ccccc1COc1c(OCF)cc(OCF)cc1OCF. The number of aldehydes is 1. The average Bonchev–Trinajstić information content (AvgIpc) is 2.62. The molecule has 5 nitrogen and oxygen atoms in total. The van der Waals surface area contributed by atoms with E-state index in [0.29, 0.717) is 17.4 Å². The van der Waals surface area contributed by atoms with E-state index in [-0.39, 0.29) is 29.6 Å². The third kappa shape index (κ3) is 4.79. The van der Waals surface area contributed by atoms with Crippen molar-refractivity contribution in [1.82, 2.24) is 0 Å². The summed E-state index contributed by atoms with van der Waals surface area (Å²) < 4.78 is 57.4. The van der Waals surface area contributed by atoms with Crippen molar-refractivity contribution in [2.45, 2.75) is 6.61 Å². The van der Waals surface area contributed by atoms with E-state index in [2.05, 4.69) is 4.74 Å². The van der Waals surface area contributed by atoms with Gasteiger partial charge in [0.2, 0.25) is 26.3 Å². The maximum Gasteiger partial charge on any atom is 0.228 e. The van der Waals surface area contributed by atoms with Crippen molar-refractivity contribution in [3.63, 3.8) is 0 Å². The molecule has 0 atom stereocenters. The standard InChI is InChI=1S/C17H15F3O5/c18-9-23-14-5-15(24-10-19)17(16(6-14)25-11-20)22-8-13-4-2-1-3-12(13)7-21/h1-7H,8-11H2. The zero-order valence-corrected chi connectivity index (χ0v) is 13.0. The molecule has 0 heterocycles. The number of hydrogen-bond donors (Lipinski definition) is 0. The van der Waals surface area contributed by atoms with Gasteiger partial charge in [0.25, 0.3) is 0 Å². The van der Waals surface area contributed by atoms with Gasteiger partial charge in [0.15, 0.2) is 11.5 Å². The number of halogens is 3. The van der Waals surface area contributed by atoms with Gasteiger partial charge in [0.05, 0.1) is 0 Å². The van der Waals surface area contributed by atoms with E-state index in [0.717, 1.165) is 0 Å². The number of hydrogen-bond acceptors (Lipinski definition) is 5. The predicted molar refractivity (Wildman–Crippen MR) is 82.4 cm³/mol. The van der Waals surface area contributed by atoms with Crippen LogP contribution < -0.4 is 18.9 Å². The van der Waals surface area contributed by atoms with Crippen LogP contribution in [0.25, 0.3) is 0 Å². The van der Waals surface area contributed by atoms with E-state index in [4.69, 9.17) is 14.2 Å². The molecule has 0 unspecified atom stereocenters. The van der Waals surface area contributed by atoms with Gasteiger partial charge in [-0.2, -0.15) is 0 Å². The van der Waals surface area contributed by atoms with Crippen LogP contribution in [0.4, 0.5) is 13.2 Å². The average molecular weight is 356 g/mol. The fourth-order valence-electron chi connectivity index (χ4n) is 2.10. The Hall–Kier alpha value is -2.90. The Labute approximate surface area is 141 Å². The molecule has 0 aromatic heterocycles. The summed E-state index contributed by atoms with van der Waals surface area (Å²) in [7, 11) is 0. The van der Waals surface area contributed by atoms with Gasteiger partial charge in [0, 0.05) is 17.7 Å². The van der Waals surface area contributed by atoms with E-state index in [9.17, 15) is 18.0 Å². The van der Waals surface area contributed by atoms with Gasteiger partial charge < -0.3 is 18.9 Å². The molecule has 2 aromatic carbocycles. The van der Waals surface area contributed by atoms with Crippen molar-refractivity contribution in [3.8, 4) is 23.0 Å². The highest BCUT2D eigenvalue weighted by molar-refractivity contribution is 5.77. The Morgan fingerprint density at radius 3 is 2.00 bits per heavy atom. The Bertz CT molecular complexity index is 681. The van der Waals surface area contributed by atoms with E-state index >= 15 is 0 Å². The normalized spacial score (nSPS) is 10.2. The van der Waals surface area contributed by atoms with Crippen molar-refractivity contribution >= 4 is 6.29 Å². The van der Waals surface area contributed by atoms with Crippen LogP contribution in [0.3, 0.4) is 0 Å². The highest BCUT2D eigenvalue weighted by atomic mass is 19.1. The Morgan fingerprint density at radius 2 is 1.44 bits per heavy atom. The summed E-state index contributed by atoms with van der Waals surface area (Å²) in [5, 5.41) is 0. The molecule has 25 heavy (non-hydrogen) atoms. The molecular formula is C17H15F3O5. The molecule has 0 aliphatic rings. The third-order valence-electron chi connectivity index (χ3n) is 3.19. The molecule has 0 saturated carbocycles. The smallest absolute Gasteiger partial charge is 0.228 e. The molecule has 0 N–H and O–H groups in total. The van der Waals surface area contributed by atoms with Crippen LogP contribution >= 0.6 is 0 Å². The van der Waals surface area contributed by atoms with E-state index < -0.39 is 20.6 Å². The minimum Gasteiger partial charge on any atom is -0.482 e. The third-order valence-corrected chi connectivity index (χ3v) is 3.19. The van der Waals surface area contributed by atoms with Crippen LogP contribution in [0.5, 0.6) is 23.0 Å². The first-order valence-corrected chi connectivity index (χ1v) is 7.13. The fourth-order valence-corrected chi connectivity index (χ4v) is 2.10. The molecule has 0 spiro atoms. The summed E-state index contributed by atoms with van der Waals surface area (Å²) in [6, 6.07) is 9.03. The highest BCUT2D eigenvalue weighted by Gasteiger charge is 2.17. The maximum atomic E-state index is 12.6. The Balaban J connectivity index is 2.34. The lowest BCUT2D eigenvalue weighted by Crippen LogP contribution is -2.05. The fraction of sp³-hybridized carbons (Fsp3) is 0.235. The van der Waals surface area contributed by atoms with E-state index in [1.165, 1.54) is 12.1 Å². The van der Waals surface area contributed by atoms with Gasteiger partial charge in [-0.1, -0.05) is 24.3 Å². The molecule has 8 heteroatoms. The second-order valence-electron chi connectivity index (χ2n) is 4.61. The molecule has 0 aliphatic carbocycles. The van der Waals surface area contributed by atoms with Gasteiger partial charge >= 0.3 is 0 Å². The number of carbonyl (C=O) groups is 1.